The molecule has 0 bridgehead atoms. The Labute approximate surface area is 145 Å². The van der Waals surface area contributed by atoms with Crippen LogP contribution in [0.1, 0.15) is 12.8 Å². The molecule has 1 saturated heterocycles. The number of nitrogens with one attached hydrogen (secondary N) is 1. The van der Waals surface area contributed by atoms with E-state index in [1.54, 1.807) is 29.5 Å². The fourth-order valence-electron chi connectivity index (χ4n) is 2.84. The molecule has 0 atom stereocenters. The molecule has 3 heterocycles. The number of hydrogen-bond donors (Lipinski definition) is 2. The predicted molar refractivity (Wildman–Crippen MR) is 94.1 cm³/mol. The zero-order valence-corrected chi connectivity index (χ0v) is 13.7. The average molecular weight is 337 g/mol. The lowest BCUT2D eigenvalue weighted by Crippen LogP contribution is -2.36. The van der Waals surface area contributed by atoms with Crippen LogP contribution in [0.15, 0.2) is 49.1 Å². The summed E-state index contributed by atoms with van der Waals surface area (Å²) in [4.78, 5) is 14.9. The molecule has 128 valence electrons. The smallest absolute Gasteiger partial charge is 0.245 e. The van der Waals surface area contributed by atoms with Crippen molar-refractivity contribution >= 4 is 17.6 Å². The summed E-state index contributed by atoms with van der Waals surface area (Å²) in [6, 6.07) is 9.58. The van der Waals surface area contributed by atoms with Crippen molar-refractivity contribution in [2.75, 3.05) is 23.3 Å². The van der Waals surface area contributed by atoms with Gasteiger partial charge in [-0.25, -0.2) is 14.6 Å². The van der Waals surface area contributed by atoms with Crippen LogP contribution in [0, 0.1) is 0 Å². The fourth-order valence-corrected chi connectivity index (χ4v) is 2.84. The number of nitrogens with zero attached hydrogens (tertiary/aromatic N) is 6. The van der Waals surface area contributed by atoms with Crippen molar-refractivity contribution in [3.63, 3.8) is 0 Å². The van der Waals surface area contributed by atoms with Gasteiger partial charge >= 0.3 is 0 Å². The van der Waals surface area contributed by atoms with E-state index in [0.717, 1.165) is 37.3 Å². The molecular formula is C17H19N7O. The van der Waals surface area contributed by atoms with E-state index in [1.807, 2.05) is 24.3 Å². The van der Waals surface area contributed by atoms with Gasteiger partial charge in [0.15, 0.2) is 0 Å². The molecule has 1 aliphatic heterocycles. The fraction of sp³-hybridized carbons (Fsp3) is 0.294. The Hall–Kier alpha value is -3.00. The van der Waals surface area contributed by atoms with Crippen molar-refractivity contribution in [3.05, 3.63) is 49.1 Å². The number of benzene rings is 1. The van der Waals surface area contributed by atoms with Gasteiger partial charge in [-0.15, -0.1) is 5.10 Å². The van der Waals surface area contributed by atoms with E-state index >= 15 is 0 Å². The molecule has 0 aliphatic carbocycles. The lowest BCUT2D eigenvalue weighted by atomic mass is 10.1. The minimum atomic E-state index is -0.214. The summed E-state index contributed by atoms with van der Waals surface area (Å²) >= 11 is 0. The highest BCUT2D eigenvalue weighted by Gasteiger charge is 2.20. The van der Waals surface area contributed by atoms with Crippen LogP contribution in [0.4, 0.5) is 17.6 Å². The molecule has 0 amide bonds. The van der Waals surface area contributed by atoms with Gasteiger partial charge in [0, 0.05) is 25.5 Å². The van der Waals surface area contributed by atoms with Gasteiger partial charge in [0.2, 0.25) is 11.9 Å². The van der Waals surface area contributed by atoms with E-state index in [9.17, 15) is 5.11 Å². The number of aliphatic hydroxyl groups is 1. The molecule has 8 heteroatoms. The molecule has 25 heavy (non-hydrogen) atoms. The minimum absolute atomic E-state index is 0.214. The summed E-state index contributed by atoms with van der Waals surface area (Å²) < 4.78 is 1.74. The van der Waals surface area contributed by atoms with Crippen LogP contribution < -0.4 is 10.2 Å². The first-order chi connectivity index (χ1) is 12.3. The van der Waals surface area contributed by atoms with Crippen LogP contribution in [-0.4, -0.2) is 49.0 Å². The lowest BCUT2D eigenvalue weighted by molar-refractivity contribution is 0.145. The Morgan fingerprint density at radius 3 is 2.56 bits per heavy atom. The third-order valence-corrected chi connectivity index (χ3v) is 4.19. The largest absolute Gasteiger partial charge is 0.393 e. The Bertz CT molecular complexity index is 828. The van der Waals surface area contributed by atoms with Gasteiger partial charge in [-0.1, -0.05) is 12.1 Å². The van der Waals surface area contributed by atoms with Gasteiger partial charge in [0.05, 0.1) is 17.5 Å². The van der Waals surface area contributed by atoms with Crippen LogP contribution >= 0.6 is 0 Å². The zero-order valence-electron chi connectivity index (χ0n) is 13.7. The lowest BCUT2D eigenvalue weighted by Gasteiger charge is -2.28. The van der Waals surface area contributed by atoms with Crippen LogP contribution in [-0.2, 0) is 0 Å². The van der Waals surface area contributed by atoms with E-state index < -0.39 is 0 Å². The molecule has 2 N–H and O–H groups in total. The number of piperidine rings is 1. The van der Waals surface area contributed by atoms with E-state index in [2.05, 4.69) is 30.3 Å². The Kier molecular flexibility index (Phi) is 4.26. The third-order valence-electron chi connectivity index (χ3n) is 4.19. The topological polar surface area (TPSA) is 92.0 Å². The SMILES string of the molecule is OC1CCN(c2ncn(-c3ccccc3Nc3ncccn3)n2)CC1. The van der Waals surface area contributed by atoms with Crippen molar-refractivity contribution in [2.45, 2.75) is 18.9 Å². The Morgan fingerprint density at radius 2 is 1.76 bits per heavy atom. The van der Waals surface area contributed by atoms with Gasteiger partial charge in [-0.3, -0.25) is 0 Å². The Morgan fingerprint density at radius 1 is 1.00 bits per heavy atom. The van der Waals surface area contributed by atoms with Gasteiger partial charge in [-0.2, -0.15) is 4.98 Å². The van der Waals surface area contributed by atoms with Gasteiger partial charge in [-0.05, 0) is 31.0 Å². The first kappa shape index (κ1) is 15.5. The summed E-state index contributed by atoms with van der Waals surface area (Å²) in [5, 5.41) is 17.4. The van der Waals surface area contributed by atoms with E-state index in [-0.39, 0.29) is 6.10 Å². The predicted octanol–water partition coefficient (Wildman–Crippen LogP) is 1.76. The maximum absolute atomic E-state index is 9.64. The zero-order chi connectivity index (χ0) is 17.1. The highest BCUT2D eigenvalue weighted by Crippen LogP contribution is 2.23. The molecule has 0 saturated carbocycles. The van der Waals surface area contributed by atoms with Crippen molar-refractivity contribution in [2.24, 2.45) is 0 Å². The monoisotopic (exact) mass is 337 g/mol. The van der Waals surface area contributed by atoms with Gasteiger partial charge < -0.3 is 15.3 Å². The number of para-hydroxylation sites is 2. The number of anilines is 3. The second-order valence-electron chi connectivity index (χ2n) is 5.92. The molecule has 1 aromatic carbocycles. The van der Waals surface area contributed by atoms with Gasteiger partial charge in [0.1, 0.15) is 6.33 Å². The molecular weight excluding hydrogens is 318 g/mol. The molecule has 1 fully saturated rings. The van der Waals surface area contributed by atoms with E-state index in [0.29, 0.717) is 11.9 Å². The average Bonchev–Trinajstić information content (AvgIpc) is 3.14. The maximum atomic E-state index is 9.64. The second-order valence-corrected chi connectivity index (χ2v) is 5.92. The molecule has 8 nitrogen and oxygen atoms in total. The number of hydrogen-bond acceptors (Lipinski definition) is 7. The van der Waals surface area contributed by atoms with Crippen molar-refractivity contribution in [1.82, 2.24) is 24.7 Å². The summed E-state index contributed by atoms with van der Waals surface area (Å²) in [6.07, 6.45) is 6.36. The first-order valence-corrected chi connectivity index (χ1v) is 8.28. The van der Waals surface area contributed by atoms with Crippen molar-refractivity contribution in [3.8, 4) is 5.69 Å². The number of aromatic nitrogens is 5. The maximum Gasteiger partial charge on any atom is 0.245 e. The Balaban J connectivity index is 1.58. The summed E-state index contributed by atoms with van der Waals surface area (Å²) in [7, 11) is 0. The van der Waals surface area contributed by atoms with Crippen LogP contribution in [0.5, 0.6) is 0 Å². The quantitative estimate of drug-likeness (QED) is 0.749. The molecule has 0 unspecified atom stereocenters. The van der Waals surface area contributed by atoms with E-state index in [1.165, 1.54) is 0 Å². The van der Waals surface area contributed by atoms with Crippen LogP contribution in [0.2, 0.25) is 0 Å². The minimum Gasteiger partial charge on any atom is -0.393 e. The highest BCUT2D eigenvalue weighted by molar-refractivity contribution is 5.65. The molecule has 2 aromatic heterocycles. The first-order valence-electron chi connectivity index (χ1n) is 8.28. The molecule has 3 aromatic rings. The van der Waals surface area contributed by atoms with E-state index in [4.69, 9.17) is 0 Å². The standard InChI is InChI=1S/C17H19N7O/c25-13-6-10-23(11-7-13)17-20-12-24(22-17)15-5-2-1-4-14(15)21-16-18-8-3-9-19-16/h1-5,8-9,12-13,25H,6-7,10-11H2,(H,18,19,21). The van der Waals surface area contributed by atoms with Crippen LogP contribution in [0.3, 0.4) is 0 Å². The highest BCUT2D eigenvalue weighted by atomic mass is 16.3. The molecule has 0 radical (unpaired) electrons. The summed E-state index contributed by atoms with van der Waals surface area (Å²) in [5.41, 5.74) is 1.71. The summed E-state index contributed by atoms with van der Waals surface area (Å²) in [5.74, 6) is 1.21. The normalized spacial score (nSPS) is 15.3. The van der Waals surface area contributed by atoms with Crippen molar-refractivity contribution < 1.29 is 5.11 Å². The third kappa shape index (κ3) is 3.43. The number of rotatable bonds is 4. The summed E-state index contributed by atoms with van der Waals surface area (Å²) in [6.45, 7) is 1.53. The van der Waals surface area contributed by atoms with Crippen molar-refractivity contribution in [1.29, 1.82) is 0 Å². The number of aliphatic hydroxyl groups excluding tert-OH is 1. The molecule has 4 rings (SSSR count). The molecule has 0 spiro atoms. The second kappa shape index (κ2) is 6.86. The van der Waals surface area contributed by atoms with Gasteiger partial charge in [0.25, 0.3) is 0 Å². The molecule has 1 aliphatic rings. The van der Waals surface area contributed by atoms with Crippen LogP contribution in [0.25, 0.3) is 5.69 Å².